The third-order valence-electron chi connectivity index (χ3n) is 2.03. The Morgan fingerprint density at radius 2 is 2.14 bits per heavy atom. The van der Waals surface area contributed by atoms with Crippen LogP contribution in [0.25, 0.3) is 0 Å². The highest BCUT2D eigenvalue weighted by Crippen LogP contribution is 2.25. The van der Waals surface area contributed by atoms with Crippen LogP contribution >= 0.6 is 0 Å². The van der Waals surface area contributed by atoms with Crippen LogP contribution in [0.1, 0.15) is 18.4 Å². The number of phenols is 1. The molecule has 0 heterocycles. The second-order valence-electron chi connectivity index (χ2n) is 3.28. The second-order valence-corrected chi connectivity index (χ2v) is 3.28. The van der Waals surface area contributed by atoms with Crippen LogP contribution in [0.4, 0.5) is 0 Å². The van der Waals surface area contributed by atoms with E-state index in [-0.39, 0.29) is 5.92 Å². The lowest BCUT2D eigenvalue weighted by atomic mass is 9.99. The van der Waals surface area contributed by atoms with Crippen molar-refractivity contribution in [3.05, 3.63) is 54.3 Å². The first kappa shape index (κ1) is 10.4. The summed E-state index contributed by atoms with van der Waals surface area (Å²) in [6.07, 6.45) is 3.66. The van der Waals surface area contributed by atoms with Gasteiger partial charge in [0.1, 0.15) is 5.75 Å². The first-order valence-electron chi connectivity index (χ1n) is 4.51. The van der Waals surface area contributed by atoms with Gasteiger partial charge in [0, 0.05) is 17.2 Å². The fraction of sp³-hybridized carbons (Fsp3) is 0.167. The van der Waals surface area contributed by atoms with Gasteiger partial charge < -0.3 is 10.8 Å². The molecular formula is C12H15NO. The molecule has 1 atom stereocenters. The third kappa shape index (κ3) is 2.66. The van der Waals surface area contributed by atoms with E-state index < -0.39 is 0 Å². The summed E-state index contributed by atoms with van der Waals surface area (Å²) in [7, 11) is 0. The molecule has 0 aromatic heterocycles. The standard InChI is InChI=1S/C12H15NO/c1-9(7-8-10(2)13)11-5-3-4-6-12(11)14/h3-9,14H,2,13H2,1H3/b8-7-. The Kier molecular flexibility index (Phi) is 3.35. The highest BCUT2D eigenvalue weighted by molar-refractivity contribution is 5.37. The smallest absolute Gasteiger partial charge is 0.119 e. The van der Waals surface area contributed by atoms with E-state index in [9.17, 15) is 5.11 Å². The monoisotopic (exact) mass is 189 g/mol. The van der Waals surface area contributed by atoms with Crippen molar-refractivity contribution in [1.82, 2.24) is 0 Å². The Hall–Kier alpha value is -1.70. The molecule has 0 bridgehead atoms. The molecule has 0 saturated heterocycles. The van der Waals surface area contributed by atoms with Crippen molar-refractivity contribution in [2.75, 3.05) is 0 Å². The normalized spacial score (nSPS) is 12.9. The van der Waals surface area contributed by atoms with Crippen LogP contribution in [-0.4, -0.2) is 5.11 Å². The van der Waals surface area contributed by atoms with Gasteiger partial charge in [-0.05, 0) is 12.1 Å². The van der Waals surface area contributed by atoms with Crippen molar-refractivity contribution >= 4 is 0 Å². The Morgan fingerprint density at radius 1 is 1.50 bits per heavy atom. The van der Waals surface area contributed by atoms with Crippen molar-refractivity contribution in [3.63, 3.8) is 0 Å². The number of nitrogens with two attached hydrogens (primary N) is 1. The van der Waals surface area contributed by atoms with Crippen LogP contribution < -0.4 is 5.73 Å². The molecule has 2 heteroatoms. The number of phenolic OH excluding ortho intramolecular Hbond substituents is 1. The maximum Gasteiger partial charge on any atom is 0.119 e. The molecule has 14 heavy (non-hydrogen) atoms. The maximum atomic E-state index is 9.56. The number of para-hydroxylation sites is 1. The number of hydrogen-bond donors (Lipinski definition) is 2. The summed E-state index contributed by atoms with van der Waals surface area (Å²) in [5.41, 5.74) is 6.83. The third-order valence-corrected chi connectivity index (χ3v) is 2.03. The summed E-state index contributed by atoms with van der Waals surface area (Å²) in [6.45, 7) is 5.57. The van der Waals surface area contributed by atoms with Crippen LogP contribution in [0.15, 0.2) is 48.7 Å². The van der Waals surface area contributed by atoms with Crippen LogP contribution in [0, 0.1) is 0 Å². The lowest BCUT2D eigenvalue weighted by Gasteiger charge is -2.08. The highest BCUT2D eigenvalue weighted by Gasteiger charge is 2.05. The predicted molar refractivity (Wildman–Crippen MR) is 59.0 cm³/mol. The van der Waals surface area contributed by atoms with Gasteiger partial charge in [-0.15, -0.1) is 0 Å². The fourth-order valence-electron chi connectivity index (χ4n) is 1.24. The average molecular weight is 189 g/mol. The van der Waals surface area contributed by atoms with E-state index in [1.54, 1.807) is 18.2 Å². The van der Waals surface area contributed by atoms with E-state index in [1.807, 2.05) is 25.1 Å². The summed E-state index contributed by atoms with van der Waals surface area (Å²) in [5.74, 6) is 0.448. The van der Waals surface area contributed by atoms with E-state index >= 15 is 0 Å². The Balaban J connectivity index is 2.84. The fourth-order valence-corrected chi connectivity index (χ4v) is 1.24. The molecule has 74 valence electrons. The van der Waals surface area contributed by atoms with Gasteiger partial charge in [0.2, 0.25) is 0 Å². The molecule has 0 radical (unpaired) electrons. The summed E-state index contributed by atoms with van der Waals surface area (Å²) >= 11 is 0. The topological polar surface area (TPSA) is 46.2 Å². The molecule has 0 aliphatic carbocycles. The predicted octanol–water partition coefficient (Wildman–Crippen LogP) is 2.52. The molecule has 1 aromatic carbocycles. The Bertz CT molecular complexity index is 355. The van der Waals surface area contributed by atoms with Gasteiger partial charge in [-0.1, -0.05) is 37.8 Å². The van der Waals surface area contributed by atoms with Crippen LogP contribution in [0.3, 0.4) is 0 Å². The molecule has 2 nitrogen and oxygen atoms in total. The van der Waals surface area contributed by atoms with Crippen molar-refractivity contribution in [3.8, 4) is 5.75 Å². The quantitative estimate of drug-likeness (QED) is 0.718. The maximum absolute atomic E-state index is 9.56. The largest absolute Gasteiger partial charge is 0.508 e. The van der Waals surface area contributed by atoms with Gasteiger partial charge in [0.25, 0.3) is 0 Å². The van der Waals surface area contributed by atoms with Gasteiger partial charge in [-0.2, -0.15) is 0 Å². The van der Waals surface area contributed by atoms with Gasteiger partial charge in [0.05, 0.1) is 0 Å². The van der Waals surface area contributed by atoms with E-state index in [1.165, 1.54) is 0 Å². The number of benzene rings is 1. The summed E-state index contributed by atoms with van der Waals surface area (Å²) in [6, 6.07) is 7.27. The Labute approximate surface area is 84.4 Å². The molecule has 0 saturated carbocycles. The molecule has 0 amide bonds. The summed E-state index contributed by atoms with van der Waals surface area (Å²) in [4.78, 5) is 0. The van der Waals surface area contributed by atoms with E-state index in [0.717, 1.165) is 5.56 Å². The molecule has 0 spiro atoms. The minimum absolute atomic E-state index is 0.136. The van der Waals surface area contributed by atoms with E-state index in [0.29, 0.717) is 11.4 Å². The van der Waals surface area contributed by atoms with Gasteiger partial charge in [-0.3, -0.25) is 0 Å². The zero-order valence-electron chi connectivity index (χ0n) is 8.27. The minimum Gasteiger partial charge on any atom is -0.508 e. The van der Waals surface area contributed by atoms with Crippen molar-refractivity contribution in [2.45, 2.75) is 12.8 Å². The number of aromatic hydroxyl groups is 1. The lowest BCUT2D eigenvalue weighted by molar-refractivity contribution is 0.466. The number of allylic oxidation sites excluding steroid dienone is 2. The average Bonchev–Trinajstić information content (AvgIpc) is 2.15. The lowest BCUT2D eigenvalue weighted by Crippen LogP contribution is -1.93. The number of rotatable bonds is 3. The van der Waals surface area contributed by atoms with Crippen LogP contribution in [-0.2, 0) is 0 Å². The molecule has 0 fully saturated rings. The minimum atomic E-state index is 0.136. The van der Waals surface area contributed by atoms with Crippen LogP contribution in [0.2, 0.25) is 0 Å². The number of hydrogen-bond acceptors (Lipinski definition) is 2. The van der Waals surface area contributed by atoms with Gasteiger partial charge in [0.15, 0.2) is 0 Å². The first-order valence-corrected chi connectivity index (χ1v) is 4.51. The molecule has 1 unspecified atom stereocenters. The molecular weight excluding hydrogens is 174 g/mol. The molecule has 3 N–H and O–H groups in total. The first-order chi connectivity index (χ1) is 6.61. The molecule has 1 rings (SSSR count). The molecule has 1 aromatic rings. The van der Waals surface area contributed by atoms with Crippen molar-refractivity contribution in [2.24, 2.45) is 5.73 Å². The van der Waals surface area contributed by atoms with Crippen LogP contribution in [0.5, 0.6) is 5.75 Å². The summed E-state index contributed by atoms with van der Waals surface area (Å²) < 4.78 is 0. The van der Waals surface area contributed by atoms with E-state index in [2.05, 4.69) is 6.58 Å². The van der Waals surface area contributed by atoms with Crippen molar-refractivity contribution < 1.29 is 5.11 Å². The summed E-state index contributed by atoms with van der Waals surface area (Å²) in [5, 5.41) is 9.56. The SMILES string of the molecule is C=C(N)/C=C\C(C)c1ccccc1O. The van der Waals surface area contributed by atoms with Gasteiger partial charge >= 0.3 is 0 Å². The Morgan fingerprint density at radius 3 is 2.71 bits per heavy atom. The van der Waals surface area contributed by atoms with E-state index in [4.69, 9.17) is 5.73 Å². The van der Waals surface area contributed by atoms with Gasteiger partial charge in [-0.25, -0.2) is 0 Å². The second kappa shape index (κ2) is 4.51. The zero-order valence-corrected chi connectivity index (χ0v) is 8.27. The molecule has 0 aliphatic rings. The van der Waals surface area contributed by atoms with Crippen molar-refractivity contribution in [1.29, 1.82) is 0 Å². The highest BCUT2D eigenvalue weighted by atomic mass is 16.3. The zero-order chi connectivity index (χ0) is 10.6. The molecule has 0 aliphatic heterocycles.